The van der Waals surface area contributed by atoms with Gasteiger partial charge in [-0.1, -0.05) is 13.3 Å². The summed E-state index contributed by atoms with van der Waals surface area (Å²) in [6.07, 6.45) is 8.46. The number of unbranched alkanes of at least 4 members (excludes halogenated alkanes) is 1. The molecule has 1 aromatic heterocycles. The third-order valence-corrected chi connectivity index (χ3v) is 4.02. The van der Waals surface area contributed by atoms with Crippen molar-refractivity contribution < 1.29 is 9.53 Å². The minimum absolute atomic E-state index is 0.281. The lowest BCUT2D eigenvalue weighted by atomic mass is 9.98. The van der Waals surface area contributed by atoms with Gasteiger partial charge in [0.2, 0.25) is 0 Å². The summed E-state index contributed by atoms with van der Waals surface area (Å²) in [5.41, 5.74) is 0.551. The van der Waals surface area contributed by atoms with Gasteiger partial charge in [0.15, 0.2) is 0 Å². The Morgan fingerprint density at radius 1 is 1.48 bits per heavy atom. The largest absolute Gasteiger partial charge is 0.462 e. The standard InChI is InChI=1S/C16H27N3O2/c1-3-5-8-18-9-6-7-14(11-18)12-19-13-15(10-17-19)16(20)21-4-2/h10,13-14H,3-9,11-12H2,1-2H3. The third kappa shape index (κ3) is 4.84. The van der Waals surface area contributed by atoms with E-state index in [4.69, 9.17) is 4.74 Å². The first kappa shape index (κ1) is 16.0. The molecular formula is C16H27N3O2. The Balaban J connectivity index is 1.85. The van der Waals surface area contributed by atoms with Crippen molar-refractivity contribution in [2.45, 2.75) is 46.1 Å². The van der Waals surface area contributed by atoms with Crippen molar-refractivity contribution >= 4 is 5.97 Å². The van der Waals surface area contributed by atoms with Crippen LogP contribution in [-0.2, 0) is 11.3 Å². The van der Waals surface area contributed by atoms with Crippen LogP contribution in [-0.4, -0.2) is 46.9 Å². The van der Waals surface area contributed by atoms with Crippen LogP contribution in [0, 0.1) is 5.92 Å². The molecular weight excluding hydrogens is 266 g/mol. The van der Waals surface area contributed by atoms with Gasteiger partial charge >= 0.3 is 5.97 Å². The maximum atomic E-state index is 11.6. The van der Waals surface area contributed by atoms with Gasteiger partial charge in [-0.2, -0.15) is 5.10 Å². The van der Waals surface area contributed by atoms with Gasteiger partial charge in [0.25, 0.3) is 0 Å². The van der Waals surface area contributed by atoms with Gasteiger partial charge in [-0.3, -0.25) is 4.68 Å². The predicted molar refractivity (Wildman–Crippen MR) is 82.3 cm³/mol. The van der Waals surface area contributed by atoms with Gasteiger partial charge in [-0.25, -0.2) is 4.79 Å². The van der Waals surface area contributed by atoms with Crippen LogP contribution in [0.5, 0.6) is 0 Å². The highest BCUT2D eigenvalue weighted by Crippen LogP contribution is 2.18. The van der Waals surface area contributed by atoms with E-state index in [0.29, 0.717) is 18.1 Å². The number of likely N-dealkylation sites (tertiary alicyclic amines) is 1. The monoisotopic (exact) mass is 293 g/mol. The fourth-order valence-electron chi connectivity index (χ4n) is 2.93. The van der Waals surface area contributed by atoms with Gasteiger partial charge in [-0.05, 0) is 45.2 Å². The Kier molecular flexibility index (Phi) is 6.23. The zero-order valence-electron chi connectivity index (χ0n) is 13.3. The van der Waals surface area contributed by atoms with Crippen molar-refractivity contribution in [3.63, 3.8) is 0 Å². The molecule has 0 aliphatic carbocycles. The molecule has 1 aliphatic rings. The van der Waals surface area contributed by atoms with Crippen LogP contribution in [0.2, 0.25) is 0 Å². The number of esters is 1. The molecule has 0 bridgehead atoms. The highest BCUT2D eigenvalue weighted by atomic mass is 16.5. The molecule has 0 radical (unpaired) electrons. The van der Waals surface area contributed by atoms with Gasteiger partial charge in [0.05, 0.1) is 18.4 Å². The molecule has 1 fully saturated rings. The smallest absolute Gasteiger partial charge is 0.341 e. The summed E-state index contributed by atoms with van der Waals surface area (Å²) in [4.78, 5) is 14.2. The van der Waals surface area contributed by atoms with Crippen molar-refractivity contribution in [3.8, 4) is 0 Å². The molecule has 1 atom stereocenters. The minimum Gasteiger partial charge on any atom is -0.462 e. The lowest BCUT2D eigenvalue weighted by molar-refractivity contribution is 0.0526. The van der Waals surface area contributed by atoms with E-state index < -0.39 is 0 Å². The number of nitrogens with zero attached hydrogens (tertiary/aromatic N) is 3. The van der Waals surface area contributed by atoms with Gasteiger partial charge < -0.3 is 9.64 Å². The number of hydrogen-bond donors (Lipinski definition) is 0. The average Bonchev–Trinajstić information content (AvgIpc) is 2.94. The molecule has 0 N–H and O–H groups in total. The molecule has 2 heterocycles. The van der Waals surface area contributed by atoms with Crippen molar-refractivity contribution in [1.29, 1.82) is 0 Å². The summed E-state index contributed by atoms with van der Waals surface area (Å²) >= 11 is 0. The van der Waals surface area contributed by atoms with Gasteiger partial charge in [0.1, 0.15) is 0 Å². The zero-order valence-corrected chi connectivity index (χ0v) is 13.3. The lowest BCUT2D eigenvalue weighted by Crippen LogP contribution is -2.37. The summed E-state index contributed by atoms with van der Waals surface area (Å²) in [6.45, 7) is 8.93. The van der Waals surface area contributed by atoms with E-state index in [9.17, 15) is 4.79 Å². The van der Waals surface area contributed by atoms with Crippen LogP contribution in [0.15, 0.2) is 12.4 Å². The van der Waals surface area contributed by atoms with Crippen LogP contribution >= 0.6 is 0 Å². The Labute approximate surface area is 127 Å². The molecule has 0 spiro atoms. The van der Waals surface area contributed by atoms with Crippen molar-refractivity contribution in [1.82, 2.24) is 14.7 Å². The Hall–Kier alpha value is -1.36. The van der Waals surface area contributed by atoms with Crippen LogP contribution in [0.4, 0.5) is 0 Å². The van der Waals surface area contributed by atoms with Crippen molar-refractivity contribution in [2.24, 2.45) is 5.92 Å². The number of carbonyl (C=O) groups excluding carboxylic acids is 1. The number of aromatic nitrogens is 2. The fourth-order valence-corrected chi connectivity index (χ4v) is 2.93. The van der Waals surface area contributed by atoms with Gasteiger partial charge in [-0.15, -0.1) is 0 Å². The number of carbonyl (C=O) groups is 1. The number of piperidine rings is 1. The Morgan fingerprint density at radius 3 is 3.10 bits per heavy atom. The molecule has 118 valence electrons. The SMILES string of the molecule is CCCCN1CCCC(Cn2cc(C(=O)OCC)cn2)C1. The third-order valence-electron chi connectivity index (χ3n) is 4.02. The second-order valence-corrected chi connectivity index (χ2v) is 5.83. The molecule has 1 aliphatic heterocycles. The molecule has 1 unspecified atom stereocenters. The Morgan fingerprint density at radius 2 is 2.33 bits per heavy atom. The van der Waals surface area contributed by atoms with Crippen LogP contribution in [0.25, 0.3) is 0 Å². The molecule has 5 heteroatoms. The molecule has 5 nitrogen and oxygen atoms in total. The topological polar surface area (TPSA) is 47.4 Å². The molecule has 0 aromatic carbocycles. The minimum atomic E-state index is -0.281. The van der Waals surface area contributed by atoms with Gasteiger partial charge in [0, 0.05) is 19.3 Å². The summed E-state index contributed by atoms with van der Waals surface area (Å²) < 4.78 is 6.88. The van der Waals surface area contributed by atoms with Crippen LogP contribution in [0.1, 0.15) is 49.9 Å². The lowest BCUT2D eigenvalue weighted by Gasteiger charge is -2.32. The highest BCUT2D eigenvalue weighted by Gasteiger charge is 2.20. The van der Waals surface area contributed by atoms with E-state index in [-0.39, 0.29) is 5.97 Å². The first-order valence-electron chi connectivity index (χ1n) is 8.14. The average molecular weight is 293 g/mol. The zero-order chi connectivity index (χ0) is 15.1. The van der Waals surface area contributed by atoms with E-state index >= 15 is 0 Å². The molecule has 1 saturated heterocycles. The molecule has 21 heavy (non-hydrogen) atoms. The molecule has 2 rings (SSSR count). The van der Waals surface area contributed by atoms with E-state index in [1.54, 1.807) is 6.20 Å². The maximum Gasteiger partial charge on any atom is 0.341 e. The Bertz CT molecular complexity index is 444. The number of hydrogen-bond acceptors (Lipinski definition) is 4. The van der Waals surface area contributed by atoms with Crippen LogP contribution in [0.3, 0.4) is 0 Å². The van der Waals surface area contributed by atoms with E-state index in [0.717, 1.165) is 13.1 Å². The molecule has 0 saturated carbocycles. The quantitative estimate of drug-likeness (QED) is 0.725. The molecule has 0 amide bonds. The maximum absolute atomic E-state index is 11.6. The van der Waals surface area contributed by atoms with Crippen molar-refractivity contribution in [3.05, 3.63) is 18.0 Å². The first-order chi connectivity index (χ1) is 10.2. The number of rotatable bonds is 7. The van der Waals surface area contributed by atoms with E-state index in [1.807, 2.05) is 17.8 Å². The summed E-state index contributed by atoms with van der Waals surface area (Å²) in [7, 11) is 0. The summed E-state index contributed by atoms with van der Waals surface area (Å²) in [5, 5.41) is 4.30. The van der Waals surface area contributed by atoms with Crippen LogP contribution < -0.4 is 0 Å². The summed E-state index contributed by atoms with van der Waals surface area (Å²) in [5.74, 6) is 0.350. The summed E-state index contributed by atoms with van der Waals surface area (Å²) in [6, 6.07) is 0. The fraction of sp³-hybridized carbons (Fsp3) is 0.750. The second kappa shape index (κ2) is 8.17. The van der Waals surface area contributed by atoms with E-state index in [1.165, 1.54) is 38.8 Å². The number of ether oxygens (including phenoxy) is 1. The van der Waals surface area contributed by atoms with E-state index in [2.05, 4.69) is 16.9 Å². The predicted octanol–water partition coefficient (Wildman–Crippen LogP) is 2.57. The highest BCUT2D eigenvalue weighted by molar-refractivity contribution is 5.88. The van der Waals surface area contributed by atoms with Crippen molar-refractivity contribution in [2.75, 3.05) is 26.2 Å². The second-order valence-electron chi connectivity index (χ2n) is 5.83. The molecule has 1 aromatic rings. The normalized spacial score (nSPS) is 19.6. The first-order valence-corrected chi connectivity index (χ1v) is 8.14.